The Kier molecular flexibility index (Phi) is 4.52. The molecule has 1 N–H and O–H groups in total. The molecular weight excluding hydrogens is 260 g/mol. The first-order valence-electron chi connectivity index (χ1n) is 6.08. The van der Waals surface area contributed by atoms with Crippen LogP contribution in [0.5, 0.6) is 0 Å². The van der Waals surface area contributed by atoms with Crippen LogP contribution in [0.25, 0.3) is 0 Å². The van der Waals surface area contributed by atoms with Gasteiger partial charge in [-0.1, -0.05) is 6.92 Å². The first kappa shape index (κ1) is 13.5. The highest BCUT2D eigenvalue weighted by molar-refractivity contribution is 7.10. The maximum absolute atomic E-state index is 11.4. The summed E-state index contributed by atoms with van der Waals surface area (Å²) in [5, 5.41) is 5.32. The lowest BCUT2D eigenvalue weighted by Crippen LogP contribution is -2.05. The minimum atomic E-state index is -0.351. The number of ether oxygens (including phenoxy) is 1. The molecule has 0 radical (unpaired) electrons. The van der Waals surface area contributed by atoms with Crippen molar-refractivity contribution in [2.45, 2.75) is 19.9 Å². The SMILES string of the molecule is CCc1ccsc1CNc1cc(C(=O)OC)ccn1. The summed E-state index contributed by atoms with van der Waals surface area (Å²) in [6, 6.07) is 5.48. The molecule has 0 fully saturated rings. The lowest BCUT2D eigenvalue weighted by Gasteiger charge is -2.07. The highest BCUT2D eigenvalue weighted by Crippen LogP contribution is 2.19. The topological polar surface area (TPSA) is 51.2 Å². The first-order valence-corrected chi connectivity index (χ1v) is 6.96. The monoisotopic (exact) mass is 276 g/mol. The van der Waals surface area contributed by atoms with Gasteiger partial charge in [0.15, 0.2) is 0 Å². The van der Waals surface area contributed by atoms with E-state index >= 15 is 0 Å². The smallest absolute Gasteiger partial charge is 0.338 e. The second-order valence-corrected chi connectivity index (χ2v) is 5.00. The fourth-order valence-electron chi connectivity index (χ4n) is 1.78. The van der Waals surface area contributed by atoms with E-state index in [9.17, 15) is 4.79 Å². The Balaban J connectivity index is 2.05. The zero-order valence-electron chi connectivity index (χ0n) is 11.0. The molecule has 2 aromatic rings. The molecule has 0 spiro atoms. The summed E-state index contributed by atoms with van der Waals surface area (Å²) in [5.41, 5.74) is 1.85. The van der Waals surface area contributed by atoms with Gasteiger partial charge in [0.2, 0.25) is 0 Å². The Morgan fingerprint density at radius 3 is 3.05 bits per heavy atom. The third-order valence-electron chi connectivity index (χ3n) is 2.83. The summed E-state index contributed by atoms with van der Waals surface area (Å²) in [4.78, 5) is 16.9. The summed E-state index contributed by atoms with van der Waals surface area (Å²) in [7, 11) is 1.37. The average molecular weight is 276 g/mol. The minimum Gasteiger partial charge on any atom is -0.465 e. The van der Waals surface area contributed by atoms with Gasteiger partial charge < -0.3 is 10.1 Å². The number of methoxy groups -OCH3 is 1. The molecule has 100 valence electrons. The molecule has 0 amide bonds. The van der Waals surface area contributed by atoms with Crippen molar-refractivity contribution >= 4 is 23.1 Å². The van der Waals surface area contributed by atoms with E-state index in [1.165, 1.54) is 17.6 Å². The molecule has 19 heavy (non-hydrogen) atoms. The van der Waals surface area contributed by atoms with Crippen molar-refractivity contribution in [3.63, 3.8) is 0 Å². The number of aryl methyl sites for hydroxylation is 1. The predicted octanol–water partition coefficient (Wildman–Crippen LogP) is 3.10. The number of carbonyl (C=O) groups excluding carboxylic acids is 1. The molecule has 0 bridgehead atoms. The standard InChI is InChI=1S/C14H16N2O2S/c1-3-10-5-7-19-12(10)9-16-13-8-11(4-6-15-13)14(17)18-2/h4-8H,3,9H2,1-2H3,(H,15,16). The quantitative estimate of drug-likeness (QED) is 0.853. The number of hydrogen-bond acceptors (Lipinski definition) is 5. The van der Waals surface area contributed by atoms with Crippen LogP contribution in [0.4, 0.5) is 5.82 Å². The van der Waals surface area contributed by atoms with Gasteiger partial charge in [-0.25, -0.2) is 9.78 Å². The van der Waals surface area contributed by atoms with Crippen LogP contribution in [0.2, 0.25) is 0 Å². The Bertz CT molecular complexity index is 566. The number of rotatable bonds is 5. The van der Waals surface area contributed by atoms with Crippen molar-refractivity contribution < 1.29 is 9.53 Å². The Morgan fingerprint density at radius 1 is 1.47 bits per heavy atom. The van der Waals surface area contributed by atoms with Gasteiger partial charge in [-0.05, 0) is 35.6 Å². The van der Waals surface area contributed by atoms with E-state index in [-0.39, 0.29) is 5.97 Å². The lowest BCUT2D eigenvalue weighted by atomic mass is 10.2. The lowest BCUT2D eigenvalue weighted by molar-refractivity contribution is 0.0600. The second-order valence-electron chi connectivity index (χ2n) is 4.00. The van der Waals surface area contributed by atoms with Gasteiger partial charge in [0, 0.05) is 11.1 Å². The molecule has 0 atom stereocenters. The minimum absolute atomic E-state index is 0.351. The van der Waals surface area contributed by atoms with Crippen LogP contribution in [0.15, 0.2) is 29.8 Å². The number of esters is 1. The van der Waals surface area contributed by atoms with Crippen molar-refractivity contribution in [3.05, 3.63) is 45.8 Å². The fourth-order valence-corrected chi connectivity index (χ4v) is 2.70. The molecular formula is C14H16N2O2S. The molecule has 0 aliphatic rings. The van der Waals surface area contributed by atoms with E-state index in [4.69, 9.17) is 0 Å². The highest BCUT2D eigenvalue weighted by atomic mass is 32.1. The fraction of sp³-hybridized carbons (Fsp3) is 0.286. The van der Waals surface area contributed by atoms with Crippen LogP contribution in [-0.4, -0.2) is 18.1 Å². The summed E-state index contributed by atoms with van der Waals surface area (Å²) < 4.78 is 4.69. The number of hydrogen-bond donors (Lipinski definition) is 1. The molecule has 0 unspecified atom stereocenters. The van der Waals surface area contributed by atoms with Crippen molar-refractivity contribution in [1.82, 2.24) is 4.98 Å². The maximum Gasteiger partial charge on any atom is 0.338 e. The number of nitrogens with zero attached hydrogens (tertiary/aromatic N) is 1. The van der Waals surface area contributed by atoms with Gasteiger partial charge >= 0.3 is 5.97 Å². The summed E-state index contributed by atoms with van der Waals surface area (Å²) in [6.45, 7) is 2.86. The highest BCUT2D eigenvalue weighted by Gasteiger charge is 2.07. The summed E-state index contributed by atoms with van der Waals surface area (Å²) in [5.74, 6) is 0.328. The normalized spacial score (nSPS) is 10.2. The predicted molar refractivity (Wildman–Crippen MR) is 76.6 cm³/mol. The van der Waals surface area contributed by atoms with Crippen LogP contribution >= 0.6 is 11.3 Å². The number of pyridine rings is 1. The number of thiophene rings is 1. The molecule has 0 aliphatic heterocycles. The van der Waals surface area contributed by atoms with Crippen LogP contribution in [0, 0.1) is 0 Å². The second kappa shape index (κ2) is 6.33. The Labute approximate surface area is 116 Å². The third kappa shape index (κ3) is 3.32. The van der Waals surface area contributed by atoms with Crippen LogP contribution in [0.1, 0.15) is 27.7 Å². The molecule has 2 heterocycles. The van der Waals surface area contributed by atoms with Crippen LogP contribution in [0.3, 0.4) is 0 Å². The van der Waals surface area contributed by atoms with Gasteiger partial charge in [-0.3, -0.25) is 0 Å². The molecule has 4 nitrogen and oxygen atoms in total. The van der Waals surface area contributed by atoms with Crippen molar-refractivity contribution in [2.75, 3.05) is 12.4 Å². The van der Waals surface area contributed by atoms with Crippen molar-refractivity contribution in [3.8, 4) is 0 Å². The summed E-state index contributed by atoms with van der Waals surface area (Å²) in [6.07, 6.45) is 2.62. The molecule has 5 heteroatoms. The zero-order valence-corrected chi connectivity index (χ0v) is 11.8. The van der Waals surface area contributed by atoms with Gasteiger partial charge in [-0.2, -0.15) is 0 Å². The van der Waals surface area contributed by atoms with Gasteiger partial charge in [0.05, 0.1) is 19.2 Å². The van der Waals surface area contributed by atoms with Gasteiger partial charge in [-0.15, -0.1) is 11.3 Å². The van der Waals surface area contributed by atoms with Gasteiger partial charge in [0.25, 0.3) is 0 Å². The number of anilines is 1. The van der Waals surface area contributed by atoms with E-state index in [1.807, 2.05) is 0 Å². The Morgan fingerprint density at radius 2 is 2.32 bits per heavy atom. The van der Waals surface area contributed by atoms with E-state index < -0.39 is 0 Å². The molecule has 0 saturated heterocycles. The van der Waals surface area contributed by atoms with Crippen LogP contribution < -0.4 is 5.32 Å². The number of carbonyl (C=O) groups is 1. The average Bonchev–Trinajstić information content (AvgIpc) is 2.92. The van der Waals surface area contributed by atoms with Crippen LogP contribution in [-0.2, 0) is 17.7 Å². The van der Waals surface area contributed by atoms with Gasteiger partial charge in [0.1, 0.15) is 5.82 Å². The summed E-state index contributed by atoms with van der Waals surface area (Å²) >= 11 is 1.73. The van der Waals surface area contributed by atoms with E-state index in [2.05, 4.69) is 33.4 Å². The Hall–Kier alpha value is -1.88. The molecule has 2 rings (SSSR count). The molecule has 2 aromatic heterocycles. The maximum atomic E-state index is 11.4. The van der Waals surface area contributed by atoms with E-state index in [1.54, 1.807) is 29.7 Å². The number of aromatic nitrogens is 1. The molecule has 0 aliphatic carbocycles. The van der Waals surface area contributed by atoms with Crippen molar-refractivity contribution in [1.29, 1.82) is 0 Å². The largest absolute Gasteiger partial charge is 0.465 e. The zero-order chi connectivity index (χ0) is 13.7. The number of nitrogens with one attached hydrogen (secondary N) is 1. The van der Waals surface area contributed by atoms with E-state index in [0.717, 1.165) is 13.0 Å². The van der Waals surface area contributed by atoms with E-state index in [0.29, 0.717) is 11.4 Å². The third-order valence-corrected chi connectivity index (χ3v) is 3.79. The first-order chi connectivity index (χ1) is 9.24. The molecule has 0 saturated carbocycles. The molecule has 0 aromatic carbocycles. The van der Waals surface area contributed by atoms with Crippen molar-refractivity contribution in [2.24, 2.45) is 0 Å².